The van der Waals surface area contributed by atoms with Crippen LogP contribution in [-0.2, 0) is 9.47 Å². The number of halogens is 1. The van der Waals surface area contributed by atoms with Crippen LogP contribution in [0.15, 0.2) is 27.7 Å². The average molecular weight is 478 g/mol. The molecule has 10 heteroatoms. The van der Waals surface area contributed by atoms with Gasteiger partial charge in [-0.15, -0.1) is 0 Å². The van der Waals surface area contributed by atoms with Crippen molar-refractivity contribution in [3.8, 4) is 0 Å². The van der Waals surface area contributed by atoms with Gasteiger partial charge in [-0.05, 0) is 43.9 Å². The lowest BCUT2D eigenvalue weighted by Gasteiger charge is -2.36. The van der Waals surface area contributed by atoms with E-state index in [0.717, 1.165) is 6.42 Å². The first-order chi connectivity index (χ1) is 15.9. The molecule has 1 amide bonds. The summed E-state index contributed by atoms with van der Waals surface area (Å²) >= 11 is 6.48. The Bertz CT molecular complexity index is 1090. The van der Waals surface area contributed by atoms with Gasteiger partial charge < -0.3 is 24.7 Å². The van der Waals surface area contributed by atoms with Crippen LogP contribution >= 0.6 is 11.6 Å². The minimum atomic E-state index is -1.32. The molecule has 1 aliphatic rings. The van der Waals surface area contributed by atoms with Crippen LogP contribution in [0.1, 0.15) is 49.2 Å². The number of fused-ring (bicyclic) bond motifs is 1. The van der Waals surface area contributed by atoms with E-state index < -0.39 is 12.1 Å². The second-order valence-corrected chi connectivity index (χ2v) is 7.98. The number of hydrogen-bond donors (Lipinski definition) is 2. The maximum Gasteiger partial charge on any atom is 0.414 e. The lowest BCUT2D eigenvalue weighted by atomic mass is 9.98. The number of aromatic carboxylic acids is 1. The quantitative estimate of drug-likeness (QED) is 0.553. The molecule has 1 aromatic heterocycles. The number of furan rings is 1. The lowest BCUT2D eigenvalue weighted by Crippen LogP contribution is -2.46. The molecule has 178 valence electrons. The normalized spacial score (nSPS) is 19.2. The molecule has 3 rings (SSSR count). The molecule has 3 N–H and O–H groups in total. The van der Waals surface area contributed by atoms with Crippen molar-refractivity contribution in [3.05, 3.63) is 34.7 Å². The molecule has 33 heavy (non-hydrogen) atoms. The fourth-order valence-electron chi connectivity index (χ4n) is 4.04. The van der Waals surface area contributed by atoms with Crippen LogP contribution in [0.4, 0.5) is 10.5 Å². The molecule has 1 saturated heterocycles. The third kappa shape index (κ3) is 4.99. The number of nitrogens with two attached hydrogens (primary N) is 1. The maximum atomic E-state index is 13.2. The maximum absolute atomic E-state index is 13.2. The van der Waals surface area contributed by atoms with Crippen LogP contribution in [0.25, 0.3) is 16.5 Å². The van der Waals surface area contributed by atoms with Crippen molar-refractivity contribution in [2.24, 2.45) is 10.7 Å². The van der Waals surface area contributed by atoms with E-state index in [-0.39, 0.29) is 40.8 Å². The van der Waals surface area contributed by atoms with Gasteiger partial charge in [0.05, 0.1) is 17.7 Å². The fourth-order valence-corrected chi connectivity index (χ4v) is 4.30. The average Bonchev–Trinajstić information content (AvgIpc) is 3.18. The number of carboxylic acid groups (broad SMARTS) is 1. The minimum Gasteiger partial charge on any atom is -0.475 e. The number of allylic oxidation sites excluding steroid dienone is 1. The van der Waals surface area contributed by atoms with E-state index in [2.05, 4.69) is 4.99 Å². The Hall–Kier alpha value is -3.04. The predicted molar refractivity (Wildman–Crippen MR) is 127 cm³/mol. The van der Waals surface area contributed by atoms with E-state index in [0.29, 0.717) is 36.0 Å². The van der Waals surface area contributed by atoms with Crippen LogP contribution in [-0.4, -0.2) is 55.8 Å². The summed E-state index contributed by atoms with van der Waals surface area (Å²) in [4.78, 5) is 30.7. The zero-order chi connectivity index (χ0) is 24.1. The number of ether oxygens (including phenoxy) is 2. The van der Waals surface area contributed by atoms with Crippen LogP contribution in [0.5, 0.6) is 0 Å². The molecule has 0 aliphatic carbocycles. The first kappa shape index (κ1) is 24.6. The number of nitrogens with zero attached hydrogens (tertiary/aromatic N) is 2. The molecular weight excluding hydrogens is 450 g/mol. The Labute approximate surface area is 196 Å². The van der Waals surface area contributed by atoms with E-state index in [1.54, 1.807) is 32.3 Å². The summed E-state index contributed by atoms with van der Waals surface area (Å²) in [6.07, 6.45) is 4.03. The van der Waals surface area contributed by atoms with Crippen molar-refractivity contribution in [3.63, 3.8) is 0 Å². The summed E-state index contributed by atoms with van der Waals surface area (Å²) in [5.41, 5.74) is 7.19. The van der Waals surface area contributed by atoms with E-state index >= 15 is 0 Å². The van der Waals surface area contributed by atoms with Gasteiger partial charge >= 0.3 is 12.1 Å². The van der Waals surface area contributed by atoms with Gasteiger partial charge in [0.2, 0.25) is 5.76 Å². The molecule has 1 fully saturated rings. The first-order valence-electron chi connectivity index (χ1n) is 10.8. The Morgan fingerprint density at radius 3 is 2.76 bits per heavy atom. The number of hydrogen-bond acceptors (Lipinski definition) is 7. The number of amides is 1. The molecule has 0 saturated carbocycles. The van der Waals surface area contributed by atoms with Crippen molar-refractivity contribution in [1.29, 1.82) is 0 Å². The Morgan fingerprint density at radius 2 is 2.15 bits per heavy atom. The monoisotopic (exact) mass is 477 g/mol. The van der Waals surface area contributed by atoms with Crippen molar-refractivity contribution >= 4 is 52.1 Å². The van der Waals surface area contributed by atoms with Gasteiger partial charge in [0.1, 0.15) is 5.69 Å². The van der Waals surface area contributed by atoms with E-state index in [1.807, 2.05) is 6.92 Å². The summed E-state index contributed by atoms with van der Waals surface area (Å²) in [7, 11) is 1.60. The molecular formula is C23H28ClN3O6. The number of carboxylic acids is 1. The molecule has 0 bridgehead atoms. The van der Waals surface area contributed by atoms with Crippen molar-refractivity contribution < 1.29 is 28.6 Å². The molecule has 2 aromatic rings. The molecule has 2 heterocycles. The van der Waals surface area contributed by atoms with Crippen molar-refractivity contribution in [1.82, 2.24) is 0 Å². The highest BCUT2D eigenvalue weighted by molar-refractivity contribution is 6.36. The van der Waals surface area contributed by atoms with E-state index in [4.69, 9.17) is 31.2 Å². The van der Waals surface area contributed by atoms with E-state index in [9.17, 15) is 14.7 Å². The zero-order valence-corrected chi connectivity index (χ0v) is 19.6. The van der Waals surface area contributed by atoms with Crippen LogP contribution in [0, 0.1) is 0 Å². The number of aliphatic imine (C=N–C) groups is 1. The predicted octanol–water partition coefficient (Wildman–Crippen LogP) is 4.71. The fraction of sp³-hybridized carbons (Fsp3) is 0.435. The van der Waals surface area contributed by atoms with Crippen molar-refractivity contribution in [2.75, 3.05) is 25.2 Å². The highest BCUT2D eigenvalue weighted by atomic mass is 35.5. The van der Waals surface area contributed by atoms with Gasteiger partial charge in [0, 0.05) is 43.1 Å². The van der Waals surface area contributed by atoms with Crippen LogP contribution in [0.2, 0.25) is 5.02 Å². The van der Waals surface area contributed by atoms with Crippen LogP contribution < -0.4 is 10.6 Å². The molecule has 2 atom stereocenters. The SMILES string of the molecule is CCOC(=O)N(c1c(C(=O)O)oc2c(Cl)cc(/C(C=NC)=C/N)cc12)[C@H]1CCO[C@@H](CC)C1. The standard InChI is InChI=1S/C23H28ClN3O6/c1-4-16-10-15(6-7-32-16)27(23(30)31-5-2)19-17-8-13(14(11-25)12-26-3)9-18(24)20(17)33-21(19)22(28)29/h8-9,11-12,15-16H,4-7,10,25H2,1-3H3,(H,28,29)/b14-11+,26-12?/t15-,16-/m0/s1. The molecule has 9 nitrogen and oxygen atoms in total. The number of rotatable bonds is 7. The molecule has 1 aromatic carbocycles. The number of anilines is 1. The Balaban J connectivity index is 2.29. The van der Waals surface area contributed by atoms with E-state index in [1.165, 1.54) is 11.1 Å². The number of carbonyl (C=O) groups is 2. The van der Waals surface area contributed by atoms with Gasteiger partial charge in [0.15, 0.2) is 5.58 Å². The number of benzene rings is 1. The minimum absolute atomic E-state index is 0.0567. The first-order valence-corrected chi connectivity index (χ1v) is 11.1. The van der Waals surface area contributed by atoms with Gasteiger partial charge in [0.25, 0.3) is 0 Å². The van der Waals surface area contributed by atoms with Crippen LogP contribution in [0.3, 0.4) is 0 Å². The van der Waals surface area contributed by atoms with Gasteiger partial charge in [-0.2, -0.15) is 0 Å². The summed E-state index contributed by atoms with van der Waals surface area (Å²) < 4.78 is 16.8. The van der Waals surface area contributed by atoms with Gasteiger partial charge in [-0.3, -0.25) is 9.89 Å². The number of carbonyl (C=O) groups excluding carboxylic acids is 1. The Morgan fingerprint density at radius 1 is 1.39 bits per heavy atom. The lowest BCUT2D eigenvalue weighted by molar-refractivity contribution is 0.00467. The third-order valence-electron chi connectivity index (χ3n) is 5.56. The third-order valence-corrected chi connectivity index (χ3v) is 5.84. The summed E-state index contributed by atoms with van der Waals surface area (Å²) in [6.45, 7) is 4.26. The summed E-state index contributed by atoms with van der Waals surface area (Å²) in [5, 5.41) is 10.5. The highest BCUT2D eigenvalue weighted by Gasteiger charge is 2.37. The van der Waals surface area contributed by atoms with Gasteiger partial charge in [-0.1, -0.05) is 18.5 Å². The smallest absolute Gasteiger partial charge is 0.414 e. The zero-order valence-electron chi connectivity index (χ0n) is 18.8. The largest absolute Gasteiger partial charge is 0.475 e. The molecule has 0 radical (unpaired) electrons. The Kier molecular flexibility index (Phi) is 7.99. The summed E-state index contributed by atoms with van der Waals surface area (Å²) in [6, 6.07) is 2.96. The summed E-state index contributed by atoms with van der Waals surface area (Å²) in [5.74, 6) is -1.71. The molecule has 0 spiro atoms. The van der Waals surface area contributed by atoms with Crippen molar-refractivity contribution in [2.45, 2.75) is 45.3 Å². The highest BCUT2D eigenvalue weighted by Crippen LogP contribution is 2.42. The second kappa shape index (κ2) is 10.7. The van der Waals surface area contributed by atoms with Gasteiger partial charge in [-0.25, -0.2) is 9.59 Å². The molecule has 0 unspecified atom stereocenters. The molecule has 1 aliphatic heterocycles. The topological polar surface area (TPSA) is 128 Å². The second-order valence-electron chi connectivity index (χ2n) is 7.58.